The summed E-state index contributed by atoms with van der Waals surface area (Å²) >= 11 is 0. The van der Waals surface area contributed by atoms with Crippen LogP contribution in [0.3, 0.4) is 0 Å². The van der Waals surface area contributed by atoms with Crippen LogP contribution < -0.4 is 5.32 Å². The summed E-state index contributed by atoms with van der Waals surface area (Å²) in [6.45, 7) is 5.74. The molecule has 0 unspecified atom stereocenters. The number of ether oxygens (including phenoxy) is 1. The second-order valence-electron chi connectivity index (χ2n) is 8.73. The molecule has 0 fully saturated rings. The van der Waals surface area contributed by atoms with Gasteiger partial charge in [-0.15, -0.1) is 0 Å². The van der Waals surface area contributed by atoms with E-state index in [0.29, 0.717) is 25.9 Å². The van der Waals surface area contributed by atoms with Crippen LogP contribution in [0.15, 0.2) is 0 Å². The highest BCUT2D eigenvalue weighted by Gasteiger charge is 2.06. The van der Waals surface area contributed by atoms with Crippen LogP contribution in [0.2, 0.25) is 0 Å². The molecule has 0 aromatic heterocycles. The Bertz CT molecular complexity index is 384. The van der Waals surface area contributed by atoms with E-state index < -0.39 is 0 Å². The minimum absolute atomic E-state index is 0.0606. The zero-order valence-corrected chi connectivity index (χ0v) is 20.3. The molecule has 4 nitrogen and oxygen atoms in total. The molecule has 0 aliphatic rings. The third-order valence-corrected chi connectivity index (χ3v) is 5.65. The highest BCUT2D eigenvalue weighted by Crippen LogP contribution is 2.11. The summed E-state index contributed by atoms with van der Waals surface area (Å²) in [4.78, 5) is 23.5. The average molecular weight is 426 g/mol. The molecule has 0 aromatic carbocycles. The van der Waals surface area contributed by atoms with Gasteiger partial charge in [-0.1, -0.05) is 110 Å². The fourth-order valence-corrected chi connectivity index (χ4v) is 3.64. The molecule has 0 aromatic rings. The van der Waals surface area contributed by atoms with Crippen molar-refractivity contribution in [3.05, 3.63) is 0 Å². The topological polar surface area (TPSA) is 55.4 Å². The molecule has 0 rings (SSSR count). The van der Waals surface area contributed by atoms with Crippen molar-refractivity contribution in [2.75, 3.05) is 13.2 Å². The molecule has 0 aliphatic heterocycles. The van der Waals surface area contributed by atoms with Crippen LogP contribution in [0, 0.1) is 0 Å². The van der Waals surface area contributed by atoms with Crippen molar-refractivity contribution < 1.29 is 14.3 Å². The highest BCUT2D eigenvalue weighted by molar-refractivity contribution is 5.76. The molecule has 0 saturated carbocycles. The van der Waals surface area contributed by atoms with Gasteiger partial charge in [0.15, 0.2) is 0 Å². The van der Waals surface area contributed by atoms with Gasteiger partial charge in [-0.3, -0.25) is 9.59 Å². The summed E-state index contributed by atoms with van der Waals surface area (Å²) < 4.78 is 5.22. The van der Waals surface area contributed by atoms with Crippen molar-refractivity contribution in [1.29, 1.82) is 0 Å². The maximum Gasteiger partial charge on any atom is 0.305 e. The standard InChI is InChI=1S/C26H51NO3/c1-3-5-7-9-10-11-12-13-14-15-16-18-23-27-25(28)21-20-22-26(29)30-24-19-17-8-6-4-2/h3-24H2,1-2H3,(H,27,28). The van der Waals surface area contributed by atoms with Crippen molar-refractivity contribution in [2.24, 2.45) is 0 Å². The first-order chi connectivity index (χ1) is 14.7. The predicted molar refractivity (Wildman–Crippen MR) is 128 cm³/mol. The summed E-state index contributed by atoms with van der Waals surface area (Å²) in [5.41, 5.74) is 0. The number of carbonyl (C=O) groups excluding carboxylic acids is 2. The van der Waals surface area contributed by atoms with E-state index in [0.717, 1.165) is 25.8 Å². The van der Waals surface area contributed by atoms with E-state index in [1.54, 1.807) is 0 Å². The predicted octanol–water partition coefficient (Wildman–Crippen LogP) is 7.49. The molecule has 0 heterocycles. The van der Waals surface area contributed by atoms with Gasteiger partial charge in [-0.2, -0.15) is 0 Å². The van der Waals surface area contributed by atoms with E-state index >= 15 is 0 Å². The Balaban J connectivity index is 3.27. The van der Waals surface area contributed by atoms with E-state index in [4.69, 9.17) is 4.74 Å². The lowest BCUT2D eigenvalue weighted by Crippen LogP contribution is -2.24. The molecule has 30 heavy (non-hydrogen) atoms. The largest absolute Gasteiger partial charge is 0.466 e. The number of hydrogen-bond donors (Lipinski definition) is 1. The van der Waals surface area contributed by atoms with Crippen LogP contribution in [0.4, 0.5) is 0 Å². The first kappa shape index (κ1) is 28.9. The van der Waals surface area contributed by atoms with Crippen molar-refractivity contribution in [2.45, 2.75) is 142 Å². The molecule has 1 amide bonds. The molecule has 178 valence electrons. The summed E-state index contributed by atoms with van der Waals surface area (Å²) in [6.07, 6.45) is 23.0. The average Bonchev–Trinajstić information content (AvgIpc) is 2.74. The van der Waals surface area contributed by atoms with Gasteiger partial charge in [0.05, 0.1) is 6.61 Å². The van der Waals surface area contributed by atoms with Gasteiger partial charge in [-0.25, -0.2) is 0 Å². The molecule has 0 radical (unpaired) electrons. The molecule has 0 spiro atoms. The number of esters is 1. The van der Waals surface area contributed by atoms with E-state index in [2.05, 4.69) is 19.2 Å². The summed E-state index contributed by atoms with van der Waals surface area (Å²) in [5, 5.41) is 2.97. The van der Waals surface area contributed by atoms with Gasteiger partial charge in [0.25, 0.3) is 0 Å². The minimum atomic E-state index is -0.167. The summed E-state index contributed by atoms with van der Waals surface area (Å²) in [6, 6.07) is 0. The number of unbranched alkanes of at least 4 members (excludes halogenated alkanes) is 15. The van der Waals surface area contributed by atoms with E-state index in [9.17, 15) is 9.59 Å². The molecule has 1 N–H and O–H groups in total. The molecular formula is C26H51NO3. The Hall–Kier alpha value is -1.06. The summed E-state index contributed by atoms with van der Waals surface area (Å²) in [7, 11) is 0. The SMILES string of the molecule is CCCCCCCCCCCCCCNC(=O)CCCC(=O)OCCCCCCC. The smallest absolute Gasteiger partial charge is 0.305 e. The molecule has 0 saturated heterocycles. The van der Waals surface area contributed by atoms with Gasteiger partial charge in [-0.05, 0) is 19.3 Å². The maximum atomic E-state index is 11.8. The second kappa shape index (κ2) is 24.2. The molecule has 0 aliphatic carbocycles. The monoisotopic (exact) mass is 425 g/mol. The first-order valence-corrected chi connectivity index (χ1v) is 13.1. The fourth-order valence-electron chi connectivity index (χ4n) is 3.64. The van der Waals surface area contributed by atoms with E-state index in [-0.39, 0.29) is 11.9 Å². The quantitative estimate of drug-likeness (QED) is 0.136. The number of nitrogens with one attached hydrogen (secondary N) is 1. The third kappa shape index (κ3) is 23.2. The van der Waals surface area contributed by atoms with Crippen molar-refractivity contribution >= 4 is 11.9 Å². The molecule has 4 heteroatoms. The highest BCUT2D eigenvalue weighted by atomic mass is 16.5. The third-order valence-electron chi connectivity index (χ3n) is 5.65. The van der Waals surface area contributed by atoms with Crippen LogP contribution in [0.25, 0.3) is 0 Å². The van der Waals surface area contributed by atoms with Gasteiger partial charge in [0.2, 0.25) is 5.91 Å². The molecule has 0 bridgehead atoms. The lowest BCUT2D eigenvalue weighted by molar-refractivity contribution is -0.143. The van der Waals surface area contributed by atoms with Gasteiger partial charge >= 0.3 is 5.97 Å². The van der Waals surface area contributed by atoms with E-state index in [1.807, 2.05) is 0 Å². The number of carbonyl (C=O) groups is 2. The lowest BCUT2D eigenvalue weighted by atomic mass is 10.1. The lowest BCUT2D eigenvalue weighted by Gasteiger charge is -2.06. The van der Waals surface area contributed by atoms with Gasteiger partial charge in [0.1, 0.15) is 0 Å². The minimum Gasteiger partial charge on any atom is -0.466 e. The Labute approximate surface area is 187 Å². The van der Waals surface area contributed by atoms with Gasteiger partial charge in [0, 0.05) is 19.4 Å². The molecular weight excluding hydrogens is 374 g/mol. The Morgan fingerprint density at radius 3 is 1.57 bits per heavy atom. The second-order valence-corrected chi connectivity index (χ2v) is 8.73. The summed E-state index contributed by atoms with van der Waals surface area (Å²) in [5.74, 6) is -0.107. The van der Waals surface area contributed by atoms with Gasteiger partial charge < -0.3 is 10.1 Å². The fraction of sp³-hybridized carbons (Fsp3) is 0.923. The Morgan fingerprint density at radius 2 is 1.03 bits per heavy atom. The first-order valence-electron chi connectivity index (χ1n) is 13.1. The van der Waals surface area contributed by atoms with Crippen LogP contribution in [0.5, 0.6) is 0 Å². The van der Waals surface area contributed by atoms with Crippen molar-refractivity contribution in [1.82, 2.24) is 5.32 Å². The van der Waals surface area contributed by atoms with Crippen LogP contribution in [0.1, 0.15) is 142 Å². The maximum absolute atomic E-state index is 11.8. The zero-order chi connectivity index (χ0) is 22.1. The van der Waals surface area contributed by atoms with Crippen LogP contribution in [-0.4, -0.2) is 25.0 Å². The van der Waals surface area contributed by atoms with E-state index in [1.165, 1.54) is 89.9 Å². The number of amides is 1. The van der Waals surface area contributed by atoms with Crippen molar-refractivity contribution in [3.8, 4) is 0 Å². The zero-order valence-electron chi connectivity index (χ0n) is 20.3. The Morgan fingerprint density at radius 1 is 0.567 bits per heavy atom. The van der Waals surface area contributed by atoms with Crippen LogP contribution >= 0.6 is 0 Å². The molecule has 0 atom stereocenters. The number of hydrogen-bond acceptors (Lipinski definition) is 3. The van der Waals surface area contributed by atoms with Crippen LogP contribution in [-0.2, 0) is 14.3 Å². The van der Waals surface area contributed by atoms with Crippen molar-refractivity contribution in [3.63, 3.8) is 0 Å². The number of rotatable bonds is 23. The Kier molecular flexibility index (Phi) is 23.4. The normalized spacial score (nSPS) is 10.9.